The number of nitrogens with one attached hydrogen (secondary N) is 1. The lowest BCUT2D eigenvalue weighted by atomic mass is 10.4. The monoisotopic (exact) mass is 183 g/mol. The molecule has 0 amide bonds. The van der Waals surface area contributed by atoms with Crippen molar-refractivity contribution in [3.63, 3.8) is 0 Å². The molecule has 0 aliphatic carbocycles. The van der Waals surface area contributed by atoms with Gasteiger partial charge in [0.2, 0.25) is 0 Å². The van der Waals surface area contributed by atoms with Crippen LogP contribution in [-0.4, -0.2) is 30.0 Å². The molecule has 0 aliphatic heterocycles. The fourth-order valence-corrected chi connectivity index (χ4v) is 1.11. The van der Waals surface area contributed by atoms with E-state index < -0.39 is 0 Å². The van der Waals surface area contributed by atoms with Crippen LogP contribution in [0.3, 0.4) is 0 Å². The molecule has 0 radical (unpaired) electrons. The largest absolute Gasteiger partial charge is 0.380 e. The molecule has 0 atom stereocenters. The van der Waals surface area contributed by atoms with Crippen molar-refractivity contribution >= 4 is 0 Å². The van der Waals surface area contributed by atoms with Gasteiger partial charge in [0.25, 0.3) is 0 Å². The SMILES string of the molecule is CCOCCn1ccc(CNC)n1. The van der Waals surface area contributed by atoms with Gasteiger partial charge in [-0.05, 0) is 20.0 Å². The van der Waals surface area contributed by atoms with E-state index in [-0.39, 0.29) is 0 Å². The fraction of sp³-hybridized carbons (Fsp3) is 0.667. The van der Waals surface area contributed by atoms with Gasteiger partial charge in [-0.15, -0.1) is 0 Å². The summed E-state index contributed by atoms with van der Waals surface area (Å²) in [6.45, 7) is 5.15. The van der Waals surface area contributed by atoms with E-state index in [0.29, 0.717) is 0 Å². The average molecular weight is 183 g/mol. The van der Waals surface area contributed by atoms with Crippen molar-refractivity contribution in [1.82, 2.24) is 15.1 Å². The summed E-state index contributed by atoms with van der Waals surface area (Å²) in [6, 6.07) is 2.02. The Hall–Kier alpha value is -0.870. The third kappa shape index (κ3) is 3.57. The quantitative estimate of drug-likeness (QED) is 0.658. The van der Waals surface area contributed by atoms with Crippen LogP contribution in [0.1, 0.15) is 12.6 Å². The molecule has 4 heteroatoms. The van der Waals surface area contributed by atoms with Crippen LogP contribution in [0.25, 0.3) is 0 Å². The smallest absolute Gasteiger partial charge is 0.0762 e. The maximum absolute atomic E-state index is 5.23. The van der Waals surface area contributed by atoms with Crippen molar-refractivity contribution in [2.75, 3.05) is 20.3 Å². The predicted molar refractivity (Wildman–Crippen MR) is 51.5 cm³/mol. The predicted octanol–water partition coefficient (Wildman–Crippen LogP) is 0.639. The van der Waals surface area contributed by atoms with Gasteiger partial charge in [0.05, 0.1) is 18.8 Å². The molecule has 1 aromatic rings. The molecule has 1 aromatic heterocycles. The first-order valence-electron chi connectivity index (χ1n) is 4.61. The van der Waals surface area contributed by atoms with Crippen LogP contribution in [0.15, 0.2) is 12.3 Å². The lowest BCUT2D eigenvalue weighted by Gasteiger charge is -2.01. The van der Waals surface area contributed by atoms with Crippen LogP contribution in [0.2, 0.25) is 0 Å². The van der Waals surface area contributed by atoms with E-state index in [2.05, 4.69) is 10.4 Å². The summed E-state index contributed by atoms with van der Waals surface area (Å²) in [5.41, 5.74) is 1.07. The molecule has 0 saturated carbocycles. The Bertz CT molecular complexity index is 235. The standard InChI is InChI=1S/C9H17N3O/c1-3-13-7-6-12-5-4-9(11-12)8-10-2/h4-5,10H,3,6-8H2,1-2H3. The van der Waals surface area contributed by atoms with Crippen LogP contribution in [0.4, 0.5) is 0 Å². The van der Waals surface area contributed by atoms with Crippen molar-refractivity contribution in [1.29, 1.82) is 0 Å². The molecule has 0 aliphatic rings. The lowest BCUT2D eigenvalue weighted by molar-refractivity contribution is 0.136. The van der Waals surface area contributed by atoms with Crippen LogP contribution >= 0.6 is 0 Å². The summed E-state index contributed by atoms with van der Waals surface area (Å²) < 4.78 is 7.14. The van der Waals surface area contributed by atoms with E-state index in [1.165, 1.54) is 0 Å². The van der Waals surface area contributed by atoms with Gasteiger partial charge >= 0.3 is 0 Å². The van der Waals surface area contributed by atoms with Crippen molar-refractivity contribution in [2.45, 2.75) is 20.0 Å². The number of aromatic nitrogens is 2. The Kier molecular flexibility index (Phi) is 4.49. The zero-order valence-electron chi connectivity index (χ0n) is 8.29. The molecular formula is C9H17N3O. The van der Waals surface area contributed by atoms with Gasteiger partial charge in [0.1, 0.15) is 0 Å². The van der Waals surface area contributed by atoms with E-state index in [0.717, 1.165) is 32.0 Å². The first-order chi connectivity index (χ1) is 6.36. The lowest BCUT2D eigenvalue weighted by Crippen LogP contribution is -2.09. The van der Waals surface area contributed by atoms with E-state index in [1.807, 2.05) is 30.9 Å². The second-order valence-corrected chi connectivity index (χ2v) is 2.80. The minimum Gasteiger partial charge on any atom is -0.380 e. The maximum atomic E-state index is 5.23. The molecule has 1 N–H and O–H groups in total. The van der Waals surface area contributed by atoms with E-state index in [4.69, 9.17) is 4.74 Å². The molecule has 0 saturated heterocycles. The summed E-state index contributed by atoms with van der Waals surface area (Å²) in [7, 11) is 1.92. The van der Waals surface area contributed by atoms with Crippen molar-refractivity contribution in [3.8, 4) is 0 Å². The highest BCUT2D eigenvalue weighted by Crippen LogP contribution is 1.94. The molecule has 0 fully saturated rings. The van der Waals surface area contributed by atoms with Gasteiger partial charge in [0.15, 0.2) is 0 Å². The van der Waals surface area contributed by atoms with Crippen LogP contribution in [-0.2, 0) is 17.8 Å². The minimum absolute atomic E-state index is 0.733. The summed E-state index contributed by atoms with van der Waals surface area (Å²) >= 11 is 0. The first-order valence-corrected chi connectivity index (χ1v) is 4.61. The van der Waals surface area contributed by atoms with E-state index in [9.17, 15) is 0 Å². The van der Waals surface area contributed by atoms with Gasteiger partial charge < -0.3 is 10.1 Å². The second-order valence-electron chi connectivity index (χ2n) is 2.80. The number of hydrogen-bond donors (Lipinski definition) is 1. The zero-order chi connectivity index (χ0) is 9.52. The number of ether oxygens (including phenoxy) is 1. The van der Waals surface area contributed by atoms with Gasteiger partial charge in [-0.1, -0.05) is 0 Å². The Balaban J connectivity index is 2.31. The summed E-state index contributed by atoms with van der Waals surface area (Å²) in [5, 5.41) is 7.40. The van der Waals surface area contributed by atoms with Gasteiger partial charge in [-0.2, -0.15) is 5.10 Å². The Morgan fingerprint density at radius 1 is 1.62 bits per heavy atom. The maximum Gasteiger partial charge on any atom is 0.0762 e. The Morgan fingerprint density at radius 3 is 3.15 bits per heavy atom. The summed E-state index contributed by atoms with van der Waals surface area (Å²) in [5.74, 6) is 0. The van der Waals surface area contributed by atoms with Crippen molar-refractivity contribution in [2.24, 2.45) is 0 Å². The van der Waals surface area contributed by atoms with Gasteiger partial charge in [0, 0.05) is 19.3 Å². The van der Waals surface area contributed by atoms with Gasteiger partial charge in [-0.3, -0.25) is 4.68 Å². The molecule has 0 spiro atoms. The van der Waals surface area contributed by atoms with Gasteiger partial charge in [-0.25, -0.2) is 0 Å². The van der Waals surface area contributed by atoms with Crippen molar-refractivity contribution < 1.29 is 4.74 Å². The molecule has 0 bridgehead atoms. The molecule has 13 heavy (non-hydrogen) atoms. The molecule has 74 valence electrons. The molecule has 0 unspecified atom stereocenters. The summed E-state index contributed by atoms with van der Waals surface area (Å²) in [4.78, 5) is 0. The highest BCUT2D eigenvalue weighted by atomic mass is 16.5. The first kappa shape index (κ1) is 10.2. The topological polar surface area (TPSA) is 39.1 Å². The zero-order valence-corrected chi connectivity index (χ0v) is 8.29. The Morgan fingerprint density at radius 2 is 2.46 bits per heavy atom. The number of rotatable bonds is 6. The molecule has 0 aromatic carbocycles. The molecule has 1 heterocycles. The molecule has 4 nitrogen and oxygen atoms in total. The third-order valence-electron chi connectivity index (χ3n) is 1.72. The minimum atomic E-state index is 0.733. The third-order valence-corrected chi connectivity index (χ3v) is 1.72. The highest BCUT2D eigenvalue weighted by Gasteiger charge is 1.96. The number of hydrogen-bond acceptors (Lipinski definition) is 3. The number of nitrogens with zero attached hydrogens (tertiary/aromatic N) is 2. The Labute approximate surface area is 78.9 Å². The molecular weight excluding hydrogens is 166 g/mol. The van der Waals surface area contributed by atoms with Crippen LogP contribution < -0.4 is 5.32 Å². The van der Waals surface area contributed by atoms with Crippen LogP contribution in [0, 0.1) is 0 Å². The van der Waals surface area contributed by atoms with E-state index in [1.54, 1.807) is 0 Å². The van der Waals surface area contributed by atoms with Crippen LogP contribution in [0.5, 0.6) is 0 Å². The highest BCUT2D eigenvalue weighted by molar-refractivity contribution is 4.97. The molecule has 1 rings (SSSR count). The fourth-order valence-electron chi connectivity index (χ4n) is 1.11. The average Bonchev–Trinajstić information content (AvgIpc) is 2.54. The summed E-state index contributed by atoms with van der Waals surface area (Å²) in [6.07, 6.45) is 1.98. The van der Waals surface area contributed by atoms with E-state index >= 15 is 0 Å². The van der Waals surface area contributed by atoms with Crippen molar-refractivity contribution in [3.05, 3.63) is 18.0 Å². The second kappa shape index (κ2) is 5.72. The normalized spacial score (nSPS) is 10.6.